The quantitative estimate of drug-likeness (QED) is 0.154. The Balaban J connectivity index is 1.69. The van der Waals surface area contributed by atoms with Crippen molar-refractivity contribution in [2.24, 2.45) is 10.2 Å². The second-order valence-electron chi connectivity index (χ2n) is 6.05. The molecular weight excluding hydrogens is 410 g/mol. The molecule has 2 aromatic carbocycles. The number of benzene rings is 2. The number of phenols is 6. The molecule has 10 N–H and O–H groups in total. The molecule has 13 nitrogen and oxygen atoms in total. The Labute approximate surface area is 174 Å². The molecule has 0 unspecified atom stereocenters. The zero-order valence-corrected chi connectivity index (χ0v) is 15.6. The second kappa shape index (κ2) is 8.60. The van der Waals surface area contributed by atoms with Crippen molar-refractivity contribution in [2.45, 2.75) is 0 Å². The van der Waals surface area contributed by atoms with Crippen LogP contribution in [0.3, 0.4) is 0 Å². The standard InChI is InChI=1S/C18H17N7O6/c19-18-22-14(24-20-6-8-1-10(26)16(30)11(27)2-8)5-15(23-18)25-21-7-9-3-12(28)17(31)13(29)4-9/h1-7,26-31H,(H4,19,22,23,24,25). The summed E-state index contributed by atoms with van der Waals surface area (Å²) in [5.74, 6) is -3.02. The first-order valence-electron chi connectivity index (χ1n) is 8.45. The lowest BCUT2D eigenvalue weighted by molar-refractivity contribution is 0.368. The monoisotopic (exact) mass is 427 g/mol. The first-order chi connectivity index (χ1) is 14.7. The lowest BCUT2D eigenvalue weighted by atomic mass is 10.2. The molecule has 0 aliphatic heterocycles. The first-order valence-corrected chi connectivity index (χ1v) is 8.45. The van der Waals surface area contributed by atoms with E-state index in [9.17, 15) is 30.6 Å². The van der Waals surface area contributed by atoms with Crippen molar-refractivity contribution < 1.29 is 30.6 Å². The third-order valence-electron chi connectivity index (χ3n) is 3.71. The molecule has 0 aliphatic carbocycles. The second-order valence-corrected chi connectivity index (χ2v) is 6.05. The number of anilines is 3. The van der Waals surface area contributed by atoms with Crippen LogP contribution in [0.5, 0.6) is 34.5 Å². The molecule has 0 amide bonds. The Bertz CT molecular complexity index is 1050. The summed E-state index contributed by atoms with van der Waals surface area (Å²) in [5, 5.41) is 64.4. The molecule has 0 radical (unpaired) electrons. The number of rotatable bonds is 6. The number of nitrogens with two attached hydrogens (primary N) is 1. The van der Waals surface area contributed by atoms with Gasteiger partial charge in [0.25, 0.3) is 0 Å². The average Bonchev–Trinajstić information content (AvgIpc) is 2.70. The van der Waals surface area contributed by atoms with Crippen molar-refractivity contribution in [3.63, 3.8) is 0 Å². The van der Waals surface area contributed by atoms with Gasteiger partial charge in [-0.15, -0.1) is 0 Å². The van der Waals surface area contributed by atoms with Crippen LogP contribution in [-0.2, 0) is 0 Å². The predicted molar refractivity (Wildman–Crippen MR) is 112 cm³/mol. The fraction of sp³-hybridized carbons (Fsp3) is 0. The number of phenolic OH excluding ortho intramolecular Hbond substituents is 6. The Morgan fingerprint density at radius 2 is 1.00 bits per heavy atom. The van der Waals surface area contributed by atoms with Crippen LogP contribution in [0.15, 0.2) is 40.5 Å². The number of hydrogen-bond acceptors (Lipinski definition) is 13. The van der Waals surface area contributed by atoms with Crippen molar-refractivity contribution in [3.05, 3.63) is 41.5 Å². The molecule has 0 atom stereocenters. The SMILES string of the molecule is Nc1nc(NN=Cc2cc(O)c(O)c(O)c2)cc(NN=Cc2cc(O)c(O)c(O)c2)n1. The predicted octanol–water partition coefficient (Wildman–Crippen LogP) is 1.18. The van der Waals surface area contributed by atoms with Crippen molar-refractivity contribution in [1.29, 1.82) is 0 Å². The van der Waals surface area contributed by atoms with E-state index in [-0.39, 0.29) is 17.6 Å². The van der Waals surface area contributed by atoms with Gasteiger partial charge in [-0.1, -0.05) is 0 Å². The molecule has 0 saturated heterocycles. The van der Waals surface area contributed by atoms with Gasteiger partial charge in [0.2, 0.25) is 5.95 Å². The van der Waals surface area contributed by atoms with Crippen molar-refractivity contribution >= 4 is 30.0 Å². The van der Waals surface area contributed by atoms with E-state index in [2.05, 4.69) is 31.0 Å². The summed E-state index contributed by atoms with van der Waals surface area (Å²) in [4.78, 5) is 7.86. The first kappa shape index (κ1) is 20.8. The van der Waals surface area contributed by atoms with Gasteiger partial charge in [0.1, 0.15) is 0 Å². The van der Waals surface area contributed by atoms with Gasteiger partial charge in [0, 0.05) is 17.2 Å². The number of nitrogen functional groups attached to an aromatic ring is 1. The van der Waals surface area contributed by atoms with Gasteiger partial charge in [-0.3, -0.25) is 10.9 Å². The topological polar surface area (TPSA) is 222 Å². The fourth-order valence-electron chi connectivity index (χ4n) is 2.33. The van der Waals surface area contributed by atoms with Crippen LogP contribution in [0.25, 0.3) is 0 Å². The molecule has 0 fully saturated rings. The lowest BCUT2D eigenvalue weighted by Gasteiger charge is -2.05. The van der Waals surface area contributed by atoms with Crippen LogP contribution in [0.4, 0.5) is 17.6 Å². The van der Waals surface area contributed by atoms with Gasteiger partial charge in [-0.2, -0.15) is 20.2 Å². The molecule has 0 aliphatic rings. The zero-order chi connectivity index (χ0) is 22.5. The van der Waals surface area contributed by atoms with Gasteiger partial charge in [-0.25, -0.2) is 0 Å². The van der Waals surface area contributed by atoms with E-state index in [0.29, 0.717) is 11.1 Å². The Morgan fingerprint density at radius 1 is 0.645 bits per heavy atom. The summed E-state index contributed by atoms with van der Waals surface area (Å²) >= 11 is 0. The smallest absolute Gasteiger partial charge is 0.224 e. The minimum atomic E-state index is -0.636. The van der Waals surface area contributed by atoms with E-state index < -0.39 is 34.5 Å². The molecule has 31 heavy (non-hydrogen) atoms. The number of aromatic nitrogens is 2. The molecule has 1 heterocycles. The zero-order valence-electron chi connectivity index (χ0n) is 15.6. The van der Waals surface area contributed by atoms with Gasteiger partial charge in [0.15, 0.2) is 46.1 Å². The van der Waals surface area contributed by atoms with Gasteiger partial charge >= 0.3 is 0 Å². The minimum absolute atomic E-state index is 0.0993. The normalized spacial score (nSPS) is 11.2. The minimum Gasteiger partial charge on any atom is -0.504 e. The number of nitrogens with one attached hydrogen (secondary N) is 2. The van der Waals surface area contributed by atoms with E-state index in [1.807, 2.05) is 0 Å². The van der Waals surface area contributed by atoms with E-state index in [4.69, 9.17) is 5.73 Å². The number of hydrazone groups is 2. The van der Waals surface area contributed by atoms with Crippen LogP contribution in [0.2, 0.25) is 0 Å². The van der Waals surface area contributed by atoms with E-state index in [1.165, 1.54) is 42.8 Å². The summed E-state index contributed by atoms with van der Waals surface area (Å²) in [6.07, 6.45) is 2.51. The van der Waals surface area contributed by atoms with Crippen molar-refractivity contribution in [3.8, 4) is 34.5 Å². The molecule has 160 valence electrons. The maximum atomic E-state index is 9.49. The molecule has 13 heteroatoms. The maximum Gasteiger partial charge on any atom is 0.224 e. The fourth-order valence-corrected chi connectivity index (χ4v) is 2.33. The van der Waals surface area contributed by atoms with Crippen LogP contribution in [-0.4, -0.2) is 53.0 Å². The number of nitrogens with zero attached hydrogens (tertiary/aromatic N) is 4. The molecule has 0 saturated carbocycles. The van der Waals surface area contributed by atoms with E-state index >= 15 is 0 Å². The Morgan fingerprint density at radius 3 is 1.35 bits per heavy atom. The van der Waals surface area contributed by atoms with Crippen LogP contribution >= 0.6 is 0 Å². The molecular formula is C18H17N7O6. The van der Waals surface area contributed by atoms with Gasteiger partial charge < -0.3 is 36.4 Å². The third-order valence-corrected chi connectivity index (χ3v) is 3.71. The lowest BCUT2D eigenvalue weighted by Crippen LogP contribution is -2.03. The summed E-state index contributed by atoms with van der Waals surface area (Å²) in [6, 6.07) is 6.18. The summed E-state index contributed by atoms with van der Waals surface area (Å²) in [6.45, 7) is 0. The van der Waals surface area contributed by atoms with Gasteiger partial charge in [0.05, 0.1) is 12.4 Å². The maximum absolute atomic E-state index is 9.49. The highest BCUT2D eigenvalue weighted by Crippen LogP contribution is 2.35. The van der Waals surface area contributed by atoms with Crippen LogP contribution in [0.1, 0.15) is 11.1 Å². The summed E-state index contributed by atoms with van der Waals surface area (Å²) in [7, 11) is 0. The molecule has 0 spiro atoms. The van der Waals surface area contributed by atoms with E-state index in [1.54, 1.807) is 0 Å². The van der Waals surface area contributed by atoms with Crippen molar-refractivity contribution in [1.82, 2.24) is 9.97 Å². The highest BCUT2D eigenvalue weighted by molar-refractivity contribution is 5.83. The third kappa shape index (κ3) is 5.11. The molecule has 0 bridgehead atoms. The average molecular weight is 427 g/mol. The Kier molecular flexibility index (Phi) is 5.77. The highest BCUT2D eigenvalue weighted by Gasteiger charge is 2.08. The molecule has 3 aromatic rings. The number of aromatic hydroxyl groups is 6. The Hall–Kier alpha value is -4.94. The molecule has 3 rings (SSSR count). The van der Waals surface area contributed by atoms with Crippen molar-refractivity contribution in [2.75, 3.05) is 16.6 Å². The number of hydrogen-bond donors (Lipinski definition) is 9. The van der Waals surface area contributed by atoms with Gasteiger partial charge in [-0.05, 0) is 24.3 Å². The molecule has 1 aromatic heterocycles. The summed E-state index contributed by atoms with van der Waals surface area (Å²) in [5.41, 5.74) is 11.4. The highest BCUT2D eigenvalue weighted by atomic mass is 16.3. The van der Waals surface area contributed by atoms with Crippen LogP contribution < -0.4 is 16.6 Å². The summed E-state index contributed by atoms with van der Waals surface area (Å²) < 4.78 is 0. The largest absolute Gasteiger partial charge is 0.504 e. The van der Waals surface area contributed by atoms with E-state index in [0.717, 1.165) is 0 Å². The van der Waals surface area contributed by atoms with Crippen LogP contribution in [0, 0.1) is 0 Å².